The number of rotatable bonds is 5. The van der Waals surface area contributed by atoms with Crippen molar-refractivity contribution in [2.75, 3.05) is 18.1 Å². The maximum atomic E-state index is 12.9. The van der Waals surface area contributed by atoms with Crippen LogP contribution in [-0.2, 0) is 25.3 Å². The Morgan fingerprint density at radius 2 is 1.93 bits per heavy atom. The average molecular weight is 413 g/mol. The lowest BCUT2D eigenvalue weighted by Gasteiger charge is -2.18. The molecule has 0 radical (unpaired) electrons. The van der Waals surface area contributed by atoms with Crippen molar-refractivity contribution in [3.05, 3.63) is 29.8 Å². The summed E-state index contributed by atoms with van der Waals surface area (Å²) in [6, 6.07) is 3.60. The summed E-state index contributed by atoms with van der Waals surface area (Å²) in [7, 11) is 0. The summed E-state index contributed by atoms with van der Waals surface area (Å²) in [6.45, 7) is -0.867. The van der Waals surface area contributed by atoms with E-state index in [1.165, 1.54) is 12.1 Å². The van der Waals surface area contributed by atoms with Gasteiger partial charge in [0.1, 0.15) is 0 Å². The summed E-state index contributed by atoms with van der Waals surface area (Å²) < 4.78 is 43.4. The average Bonchev–Trinajstić information content (AvgIpc) is 3.37. The number of carbonyl (C=O) groups is 4. The second-order valence-electron chi connectivity index (χ2n) is 6.86. The predicted molar refractivity (Wildman–Crippen MR) is 92.6 cm³/mol. The van der Waals surface area contributed by atoms with Crippen LogP contribution in [0.3, 0.4) is 0 Å². The van der Waals surface area contributed by atoms with Gasteiger partial charge in [-0.25, -0.2) is 4.79 Å². The Labute approximate surface area is 163 Å². The fourth-order valence-corrected chi connectivity index (χ4v) is 2.83. The highest BCUT2D eigenvalue weighted by molar-refractivity contribution is 6.00. The van der Waals surface area contributed by atoms with E-state index in [0.29, 0.717) is 0 Å². The van der Waals surface area contributed by atoms with Crippen molar-refractivity contribution in [3.63, 3.8) is 0 Å². The van der Waals surface area contributed by atoms with Crippen LogP contribution in [0.4, 0.5) is 23.7 Å². The summed E-state index contributed by atoms with van der Waals surface area (Å²) in [4.78, 5) is 48.4. The van der Waals surface area contributed by atoms with Gasteiger partial charge in [-0.3, -0.25) is 19.7 Å². The minimum Gasteiger partial charge on any atom is -0.455 e. The second kappa shape index (κ2) is 8.10. The second-order valence-corrected chi connectivity index (χ2v) is 6.86. The summed E-state index contributed by atoms with van der Waals surface area (Å²) in [6.07, 6.45) is -3.13. The summed E-state index contributed by atoms with van der Waals surface area (Å²) in [5.74, 6) is -3.12. The van der Waals surface area contributed by atoms with Crippen molar-refractivity contribution in [1.29, 1.82) is 0 Å². The highest BCUT2D eigenvalue weighted by Crippen LogP contribution is 2.33. The lowest BCUT2D eigenvalue weighted by atomic mass is 10.1. The minimum atomic E-state index is -4.56. The van der Waals surface area contributed by atoms with Crippen molar-refractivity contribution in [2.45, 2.75) is 31.5 Å². The largest absolute Gasteiger partial charge is 0.455 e. The molecule has 2 N–H and O–H groups in total. The summed E-state index contributed by atoms with van der Waals surface area (Å²) >= 11 is 0. The highest BCUT2D eigenvalue weighted by atomic mass is 19.4. The van der Waals surface area contributed by atoms with E-state index in [4.69, 9.17) is 4.74 Å². The van der Waals surface area contributed by atoms with Crippen LogP contribution in [-0.4, -0.2) is 43.0 Å². The van der Waals surface area contributed by atoms with Crippen molar-refractivity contribution < 1.29 is 37.1 Å². The van der Waals surface area contributed by atoms with Crippen LogP contribution in [0.25, 0.3) is 0 Å². The Morgan fingerprint density at radius 3 is 2.59 bits per heavy atom. The first-order valence-electron chi connectivity index (χ1n) is 8.88. The van der Waals surface area contributed by atoms with Crippen LogP contribution >= 0.6 is 0 Å². The number of carbonyl (C=O) groups excluding carboxylic acids is 4. The van der Waals surface area contributed by atoms with Crippen molar-refractivity contribution in [1.82, 2.24) is 10.6 Å². The van der Waals surface area contributed by atoms with Gasteiger partial charge in [-0.05, 0) is 31.0 Å². The highest BCUT2D eigenvalue weighted by Gasteiger charge is 2.38. The summed E-state index contributed by atoms with van der Waals surface area (Å²) in [5, 5.41) is 4.54. The number of alkyl halides is 3. The van der Waals surface area contributed by atoms with E-state index in [-0.39, 0.29) is 24.7 Å². The van der Waals surface area contributed by atoms with Gasteiger partial charge in [-0.15, -0.1) is 0 Å². The molecule has 29 heavy (non-hydrogen) atoms. The molecule has 1 saturated carbocycles. The number of hydrogen-bond donors (Lipinski definition) is 2. The van der Waals surface area contributed by atoms with Crippen LogP contribution in [0, 0.1) is 5.92 Å². The van der Waals surface area contributed by atoms with Crippen molar-refractivity contribution >= 4 is 29.5 Å². The molecule has 1 saturated heterocycles. The number of amides is 4. The molecule has 0 unspecified atom stereocenters. The number of nitrogens with zero attached hydrogens (tertiary/aromatic N) is 1. The predicted octanol–water partition coefficient (Wildman–Crippen LogP) is 1.59. The molecule has 1 aliphatic heterocycles. The van der Waals surface area contributed by atoms with Gasteiger partial charge >= 0.3 is 18.2 Å². The first-order valence-corrected chi connectivity index (χ1v) is 8.88. The molecule has 0 spiro atoms. The first kappa shape index (κ1) is 20.6. The van der Waals surface area contributed by atoms with E-state index in [2.05, 4.69) is 5.32 Å². The lowest BCUT2D eigenvalue weighted by Crippen LogP contribution is -2.42. The van der Waals surface area contributed by atoms with Crippen LogP contribution in [0.1, 0.15) is 24.8 Å². The van der Waals surface area contributed by atoms with Crippen molar-refractivity contribution in [3.8, 4) is 0 Å². The normalized spacial score (nSPS) is 19.1. The van der Waals surface area contributed by atoms with Gasteiger partial charge in [0.05, 0.1) is 11.5 Å². The van der Waals surface area contributed by atoms with E-state index in [1.807, 2.05) is 5.32 Å². The zero-order valence-electron chi connectivity index (χ0n) is 15.1. The number of ether oxygens (including phenoxy) is 1. The number of anilines is 1. The van der Waals surface area contributed by atoms with E-state index >= 15 is 0 Å². The molecule has 3 rings (SSSR count). The maximum Gasteiger partial charge on any atom is 0.416 e. The fraction of sp³-hybridized carbons (Fsp3) is 0.444. The molecule has 1 aliphatic carbocycles. The summed E-state index contributed by atoms with van der Waals surface area (Å²) in [5.41, 5.74) is -0.885. The first-order chi connectivity index (χ1) is 13.6. The lowest BCUT2D eigenvalue weighted by molar-refractivity contribution is -0.152. The molecule has 2 aliphatic rings. The molecule has 1 atom stereocenters. The molecule has 1 heterocycles. The van der Waals surface area contributed by atoms with Gasteiger partial charge in [-0.1, -0.05) is 6.07 Å². The number of imide groups is 1. The Morgan fingerprint density at radius 1 is 1.21 bits per heavy atom. The molecule has 8 nitrogen and oxygen atoms in total. The molecule has 156 valence electrons. The van der Waals surface area contributed by atoms with E-state index in [0.717, 1.165) is 29.9 Å². The SMILES string of the molecule is O=C(COC(=O)[C@@H]1CC(=O)N(c2cccc(C(F)(F)F)c2)C1)NC(=O)NC1CC1. The molecule has 0 aromatic heterocycles. The van der Waals surface area contributed by atoms with Gasteiger partial charge in [0.15, 0.2) is 6.61 Å². The van der Waals surface area contributed by atoms with Gasteiger partial charge in [-0.2, -0.15) is 13.2 Å². The standard InChI is InChI=1S/C18H18F3N3O5/c19-18(20,21)11-2-1-3-13(7-11)24-8-10(6-15(24)26)16(27)29-9-14(25)23-17(28)22-12-4-5-12/h1-3,7,10,12H,4-6,8-9H2,(H2,22,23,25,28)/t10-/m1/s1. The van der Waals surface area contributed by atoms with Crippen molar-refractivity contribution in [2.24, 2.45) is 5.92 Å². The Balaban J connectivity index is 1.52. The van der Waals surface area contributed by atoms with Crippen LogP contribution < -0.4 is 15.5 Å². The van der Waals surface area contributed by atoms with Crippen LogP contribution in [0.5, 0.6) is 0 Å². The van der Waals surface area contributed by atoms with Gasteiger partial charge in [0.2, 0.25) is 5.91 Å². The molecular weight excluding hydrogens is 395 g/mol. The Hall–Kier alpha value is -3.11. The van der Waals surface area contributed by atoms with E-state index in [9.17, 15) is 32.3 Å². The molecule has 1 aromatic carbocycles. The quantitative estimate of drug-likeness (QED) is 0.714. The van der Waals surface area contributed by atoms with E-state index in [1.54, 1.807) is 0 Å². The third-order valence-corrected chi connectivity index (χ3v) is 4.45. The number of esters is 1. The number of benzene rings is 1. The van der Waals surface area contributed by atoms with Crippen LogP contribution in [0.15, 0.2) is 24.3 Å². The number of hydrogen-bond acceptors (Lipinski definition) is 5. The third kappa shape index (κ3) is 5.46. The minimum absolute atomic E-state index is 0.0228. The van der Waals surface area contributed by atoms with E-state index < -0.39 is 48.1 Å². The molecule has 2 fully saturated rings. The fourth-order valence-electron chi connectivity index (χ4n) is 2.83. The topological polar surface area (TPSA) is 105 Å². The molecular formula is C18H18F3N3O5. The maximum absolute atomic E-state index is 12.9. The Kier molecular flexibility index (Phi) is 5.76. The van der Waals surface area contributed by atoms with Crippen LogP contribution in [0.2, 0.25) is 0 Å². The van der Waals surface area contributed by atoms with Gasteiger partial charge in [0, 0.05) is 24.7 Å². The zero-order chi connectivity index (χ0) is 21.2. The molecule has 4 amide bonds. The van der Waals surface area contributed by atoms with Gasteiger partial charge in [0.25, 0.3) is 5.91 Å². The molecule has 0 bridgehead atoms. The number of halogens is 3. The molecule has 1 aromatic rings. The monoisotopic (exact) mass is 413 g/mol. The zero-order valence-corrected chi connectivity index (χ0v) is 15.1. The number of nitrogens with one attached hydrogen (secondary N) is 2. The number of urea groups is 1. The smallest absolute Gasteiger partial charge is 0.416 e. The third-order valence-electron chi connectivity index (χ3n) is 4.45. The molecule has 11 heteroatoms. The van der Waals surface area contributed by atoms with Gasteiger partial charge < -0.3 is 15.0 Å². The Bertz CT molecular complexity index is 838.